The molecule has 1 aliphatic heterocycles. The van der Waals surface area contributed by atoms with E-state index in [2.05, 4.69) is 20.4 Å². The Balaban J connectivity index is 1.55. The summed E-state index contributed by atoms with van der Waals surface area (Å²) in [6.45, 7) is 7.61. The van der Waals surface area contributed by atoms with E-state index in [9.17, 15) is 4.79 Å². The van der Waals surface area contributed by atoms with E-state index in [0.717, 1.165) is 17.2 Å². The van der Waals surface area contributed by atoms with E-state index < -0.39 is 6.09 Å². The number of carbonyl (C=O) groups excluding carboxylic acids is 1. The van der Waals surface area contributed by atoms with Crippen molar-refractivity contribution in [1.82, 2.24) is 5.32 Å². The summed E-state index contributed by atoms with van der Waals surface area (Å²) in [5.74, 6) is 1.46. The number of ether oxygens (including phenoxy) is 3. The van der Waals surface area contributed by atoms with Crippen LogP contribution < -0.4 is 25.0 Å². The highest BCUT2D eigenvalue weighted by molar-refractivity contribution is 5.86. The molecule has 0 saturated heterocycles. The van der Waals surface area contributed by atoms with Crippen LogP contribution in [-0.4, -0.2) is 46.1 Å². The first-order chi connectivity index (χ1) is 14.7. The standard InChI is InChI=1S/C22H24N4O4/c1-23-15-18(24-2)16-26-10-11-29-21-9-8-17(14-20(21)26)25-22(27)30-13-12-28-19-6-4-3-5-7-19/h2-9,14-15,23H,10-13,16H2,1H3/p+1/b18-15-. The van der Waals surface area contributed by atoms with Crippen molar-refractivity contribution in [2.75, 3.05) is 50.2 Å². The monoisotopic (exact) mass is 409 g/mol. The van der Waals surface area contributed by atoms with Gasteiger partial charge in [0.1, 0.15) is 37.9 Å². The summed E-state index contributed by atoms with van der Waals surface area (Å²) >= 11 is 0. The van der Waals surface area contributed by atoms with Crippen molar-refractivity contribution in [3.63, 3.8) is 0 Å². The molecule has 2 N–H and O–H groups in total. The zero-order chi connectivity index (χ0) is 21.2. The molecule has 0 spiro atoms. The third kappa shape index (κ3) is 5.82. The average Bonchev–Trinajstić information content (AvgIpc) is 2.77. The van der Waals surface area contributed by atoms with Crippen molar-refractivity contribution in [2.24, 2.45) is 0 Å². The number of nitrogens with zero attached hydrogens (tertiary/aromatic N) is 2. The second-order valence-corrected chi connectivity index (χ2v) is 6.43. The van der Waals surface area contributed by atoms with Crippen LogP contribution in [0.15, 0.2) is 60.4 Å². The molecule has 1 heterocycles. The number of anilines is 2. The molecule has 0 fully saturated rings. The fourth-order valence-electron chi connectivity index (χ4n) is 2.97. The number of para-hydroxylation sites is 1. The Hall–Kier alpha value is -3.86. The van der Waals surface area contributed by atoms with Gasteiger partial charge in [-0.05, 0) is 35.2 Å². The summed E-state index contributed by atoms with van der Waals surface area (Å²) in [5.41, 5.74) is 2.14. The van der Waals surface area contributed by atoms with Crippen LogP contribution >= 0.6 is 0 Å². The number of hydrogen-bond acceptors (Lipinski definition) is 6. The van der Waals surface area contributed by atoms with Gasteiger partial charge in [-0.3, -0.25) is 5.32 Å². The number of benzene rings is 2. The molecule has 8 heteroatoms. The lowest BCUT2D eigenvalue weighted by molar-refractivity contribution is 0.138. The Morgan fingerprint density at radius 1 is 1.27 bits per heavy atom. The van der Waals surface area contributed by atoms with Gasteiger partial charge in [0.2, 0.25) is 0 Å². The van der Waals surface area contributed by atoms with Crippen LogP contribution in [0.2, 0.25) is 0 Å². The number of nitrogens with one attached hydrogen (secondary N) is 2. The highest BCUT2D eigenvalue weighted by Gasteiger charge is 2.23. The quantitative estimate of drug-likeness (QED) is 0.650. The summed E-state index contributed by atoms with van der Waals surface area (Å²) in [6.07, 6.45) is 1.19. The maximum absolute atomic E-state index is 12.1. The molecule has 2 aromatic carbocycles. The Labute approximate surface area is 175 Å². The van der Waals surface area contributed by atoms with Crippen LogP contribution in [0.3, 0.4) is 0 Å². The fourth-order valence-corrected chi connectivity index (χ4v) is 2.97. The van der Waals surface area contributed by atoms with Gasteiger partial charge in [0.05, 0.1) is 18.4 Å². The van der Waals surface area contributed by atoms with Crippen molar-refractivity contribution in [1.29, 1.82) is 0 Å². The van der Waals surface area contributed by atoms with Crippen LogP contribution in [0.4, 0.5) is 16.2 Å². The molecule has 0 unspecified atom stereocenters. The summed E-state index contributed by atoms with van der Waals surface area (Å²) in [7, 11) is 1.79. The smallest absolute Gasteiger partial charge is 0.411 e. The number of carbonyl (C=O) groups is 1. The maximum atomic E-state index is 12.1. The molecule has 0 aliphatic carbocycles. The molecule has 0 radical (unpaired) electrons. The molecule has 0 bridgehead atoms. The second-order valence-electron chi connectivity index (χ2n) is 6.43. The van der Waals surface area contributed by atoms with E-state index in [1.165, 1.54) is 0 Å². The molecular weight excluding hydrogens is 384 g/mol. The second kappa shape index (κ2) is 10.6. The summed E-state index contributed by atoms with van der Waals surface area (Å²) in [6, 6.07) is 14.8. The Morgan fingerprint density at radius 2 is 2.10 bits per heavy atom. The van der Waals surface area contributed by atoms with Crippen molar-refractivity contribution in [3.05, 3.63) is 65.3 Å². The zero-order valence-corrected chi connectivity index (χ0v) is 16.8. The first kappa shape index (κ1) is 20.9. The molecule has 1 amide bonds. The highest BCUT2D eigenvalue weighted by atomic mass is 16.6. The van der Waals surface area contributed by atoms with Crippen molar-refractivity contribution < 1.29 is 19.0 Å². The van der Waals surface area contributed by atoms with Crippen LogP contribution in [0.25, 0.3) is 4.85 Å². The minimum atomic E-state index is -0.553. The van der Waals surface area contributed by atoms with Gasteiger partial charge in [0, 0.05) is 12.7 Å². The fraction of sp³-hybridized carbons (Fsp3) is 0.273. The lowest BCUT2D eigenvalue weighted by Gasteiger charge is -2.30. The van der Waals surface area contributed by atoms with Crippen molar-refractivity contribution in [2.45, 2.75) is 0 Å². The summed E-state index contributed by atoms with van der Waals surface area (Å²) in [5, 5.41) is 5.66. The van der Waals surface area contributed by atoms with Crippen LogP contribution in [0, 0.1) is 6.57 Å². The third-order valence-corrected chi connectivity index (χ3v) is 4.32. The molecular formula is C22H25N4O4+. The first-order valence-electron chi connectivity index (χ1n) is 9.60. The van der Waals surface area contributed by atoms with Crippen LogP contribution in [0.5, 0.6) is 11.5 Å². The maximum Gasteiger partial charge on any atom is 0.411 e. The van der Waals surface area contributed by atoms with E-state index in [1.54, 1.807) is 19.3 Å². The first-order valence-corrected chi connectivity index (χ1v) is 9.60. The number of fused-ring (bicyclic) bond motifs is 1. The van der Waals surface area contributed by atoms with Gasteiger partial charge in [-0.1, -0.05) is 18.2 Å². The van der Waals surface area contributed by atoms with Gasteiger partial charge < -0.3 is 24.4 Å². The van der Waals surface area contributed by atoms with Gasteiger partial charge in [0.25, 0.3) is 6.57 Å². The lowest BCUT2D eigenvalue weighted by Crippen LogP contribution is -2.34. The Morgan fingerprint density at radius 3 is 2.87 bits per heavy atom. The predicted molar refractivity (Wildman–Crippen MR) is 117 cm³/mol. The zero-order valence-electron chi connectivity index (χ0n) is 16.8. The molecule has 156 valence electrons. The minimum absolute atomic E-state index is 0.136. The molecule has 30 heavy (non-hydrogen) atoms. The van der Waals surface area contributed by atoms with Crippen molar-refractivity contribution >= 4 is 17.5 Å². The van der Waals surface area contributed by atoms with E-state index in [4.69, 9.17) is 20.8 Å². The van der Waals surface area contributed by atoms with Gasteiger partial charge >= 0.3 is 11.8 Å². The van der Waals surface area contributed by atoms with E-state index in [1.807, 2.05) is 42.5 Å². The normalized spacial score (nSPS) is 12.8. The predicted octanol–water partition coefficient (Wildman–Crippen LogP) is 3.54. The largest absolute Gasteiger partial charge is 0.490 e. The Bertz CT molecular complexity index is 924. The van der Waals surface area contributed by atoms with Gasteiger partial charge in [-0.15, -0.1) is 0 Å². The van der Waals surface area contributed by atoms with Crippen LogP contribution in [-0.2, 0) is 4.74 Å². The minimum Gasteiger partial charge on any atom is -0.490 e. The number of rotatable bonds is 8. The van der Waals surface area contributed by atoms with Crippen LogP contribution in [0.1, 0.15) is 0 Å². The van der Waals surface area contributed by atoms with E-state index >= 15 is 0 Å². The molecule has 0 atom stereocenters. The average molecular weight is 409 g/mol. The molecule has 3 rings (SSSR count). The molecule has 0 aromatic heterocycles. The number of amides is 1. The summed E-state index contributed by atoms with van der Waals surface area (Å²) in [4.78, 5) is 18.0. The lowest BCUT2D eigenvalue weighted by atomic mass is 10.2. The van der Waals surface area contributed by atoms with Crippen molar-refractivity contribution in [3.8, 4) is 18.1 Å². The Kier molecular flexibility index (Phi) is 7.39. The van der Waals surface area contributed by atoms with E-state index in [0.29, 0.717) is 31.1 Å². The number of hydrogen-bond donors (Lipinski definition) is 2. The topological polar surface area (TPSA) is 76.4 Å². The highest BCUT2D eigenvalue weighted by Crippen LogP contribution is 2.34. The third-order valence-electron chi connectivity index (χ3n) is 4.32. The summed E-state index contributed by atoms with van der Waals surface area (Å²) < 4.78 is 16.4. The molecule has 2 aromatic rings. The van der Waals surface area contributed by atoms with E-state index in [-0.39, 0.29) is 13.2 Å². The van der Waals surface area contributed by atoms with Gasteiger partial charge in [-0.2, -0.15) is 0 Å². The SMILES string of the molecule is C#[N+]/C(=C\NC)CN1CCOc2ccc(NC(=O)OCCOc3ccccc3)cc21. The molecule has 8 nitrogen and oxygen atoms in total. The molecule has 0 saturated carbocycles. The van der Waals surface area contributed by atoms with Gasteiger partial charge in [0.15, 0.2) is 0 Å². The van der Waals surface area contributed by atoms with Gasteiger partial charge in [-0.25, -0.2) is 4.79 Å². The molecule has 1 aliphatic rings.